The second-order valence-corrected chi connectivity index (χ2v) is 7.80. The molecule has 1 unspecified atom stereocenters. The Kier molecular flexibility index (Phi) is 7.42. The maximum Gasteiger partial charge on any atom is 0.441 e. The van der Waals surface area contributed by atoms with Crippen LogP contribution in [0.5, 0.6) is 0 Å². The van der Waals surface area contributed by atoms with Crippen molar-refractivity contribution in [2.45, 2.75) is 77.0 Å². The molecule has 2 rings (SSSR count). The van der Waals surface area contributed by atoms with Crippen molar-refractivity contribution in [3.63, 3.8) is 0 Å². The van der Waals surface area contributed by atoms with Gasteiger partial charge >= 0.3 is 17.8 Å². The normalized spacial score (nSPS) is 18.2. The number of carbonyl (C=O) groups is 2. The minimum Gasteiger partial charge on any atom is -0.467 e. The number of carbonyl (C=O) groups excluding carboxylic acids is 2. The monoisotopic (exact) mass is 395 g/mol. The van der Waals surface area contributed by atoms with Crippen LogP contribution in [-0.4, -0.2) is 40.5 Å². The summed E-state index contributed by atoms with van der Waals surface area (Å²) >= 11 is 0. The summed E-state index contributed by atoms with van der Waals surface area (Å²) in [5, 5.41) is 6.37. The van der Waals surface area contributed by atoms with Gasteiger partial charge in [0.1, 0.15) is 11.6 Å². The Morgan fingerprint density at radius 2 is 2.11 bits per heavy atom. The van der Waals surface area contributed by atoms with Crippen LogP contribution >= 0.6 is 0 Å². The number of amides is 1. The van der Waals surface area contributed by atoms with E-state index in [4.69, 9.17) is 14.0 Å². The smallest absolute Gasteiger partial charge is 0.441 e. The van der Waals surface area contributed by atoms with Crippen LogP contribution in [-0.2, 0) is 20.7 Å². The first-order valence-electron chi connectivity index (χ1n) is 9.50. The molecule has 1 amide bonds. The fourth-order valence-corrected chi connectivity index (χ4v) is 3.12. The molecule has 1 aromatic rings. The van der Waals surface area contributed by atoms with Gasteiger partial charge in [0, 0.05) is 12.5 Å². The molecular weight excluding hydrogens is 366 g/mol. The number of nitrogens with one attached hydrogen (secondary N) is 1. The molecule has 156 valence electrons. The number of esters is 1. The third kappa shape index (κ3) is 6.24. The first-order valence-corrected chi connectivity index (χ1v) is 9.50. The zero-order valence-corrected chi connectivity index (χ0v) is 16.9. The first kappa shape index (κ1) is 21.7. The fraction of sp³-hybridized carbons (Fsp3) is 0.684. The van der Waals surface area contributed by atoms with Crippen LogP contribution in [0.2, 0.25) is 0 Å². The average molecular weight is 395 g/mol. The zero-order chi connectivity index (χ0) is 20.7. The number of fused-ring (bicyclic) bond motifs is 1. The highest BCUT2D eigenvalue weighted by atomic mass is 16.6. The molecule has 2 atom stereocenters. The van der Waals surface area contributed by atoms with Gasteiger partial charge in [-0.15, -0.1) is 0 Å². The summed E-state index contributed by atoms with van der Waals surface area (Å²) in [4.78, 5) is 35.8. The van der Waals surface area contributed by atoms with E-state index in [9.17, 15) is 14.4 Å². The van der Waals surface area contributed by atoms with Crippen molar-refractivity contribution in [2.75, 3.05) is 7.11 Å². The van der Waals surface area contributed by atoms with E-state index in [0.29, 0.717) is 12.2 Å². The van der Waals surface area contributed by atoms with Gasteiger partial charge in [-0.1, -0.05) is 23.7 Å². The molecule has 1 aromatic heterocycles. The lowest BCUT2D eigenvalue weighted by Crippen LogP contribution is -2.43. The van der Waals surface area contributed by atoms with Gasteiger partial charge < -0.3 is 14.8 Å². The molecule has 0 aliphatic carbocycles. The number of aromatic nitrogens is 2. The standard InChI is InChI=1S/C19H29N3O6/c1-19(2,3)27-17(24)20-14(16(23)26-4)11-7-5-9-13-10-6-8-12-15-21-28-18(25)22(13)15/h5,7,13-14H,6,8-12H2,1-4H3,(H,20,24)/t13?,14-/m0/s1. The van der Waals surface area contributed by atoms with E-state index < -0.39 is 29.5 Å². The predicted molar refractivity (Wildman–Crippen MR) is 101 cm³/mol. The number of hydrogen-bond donors (Lipinski definition) is 1. The fourth-order valence-electron chi connectivity index (χ4n) is 3.12. The van der Waals surface area contributed by atoms with E-state index in [1.165, 1.54) is 7.11 Å². The highest BCUT2D eigenvalue weighted by molar-refractivity contribution is 5.81. The Balaban J connectivity index is 1.96. The van der Waals surface area contributed by atoms with Gasteiger partial charge in [-0.2, -0.15) is 0 Å². The summed E-state index contributed by atoms with van der Waals surface area (Å²) in [7, 11) is 1.27. The number of methoxy groups -OCH3 is 1. The van der Waals surface area contributed by atoms with Gasteiger partial charge in [0.15, 0.2) is 5.82 Å². The van der Waals surface area contributed by atoms with Crippen LogP contribution in [0.4, 0.5) is 4.79 Å². The summed E-state index contributed by atoms with van der Waals surface area (Å²) in [5.41, 5.74) is -0.663. The molecule has 0 aromatic carbocycles. The zero-order valence-electron chi connectivity index (χ0n) is 16.9. The predicted octanol–water partition coefficient (Wildman–Crippen LogP) is 2.51. The highest BCUT2D eigenvalue weighted by Crippen LogP contribution is 2.24. The molecule has 28 heavy (non-hydrogen) atoms. The number of nitrogens with zero attached hydrogens (tertiary/aromatic N) is 2. The largest absolute Gasteiger partial charge is 0.467 e. The molecule has 0 fully saturated rings. The van der Waals surface area contributed by atoms with Crippen molar-refractivity contribution < 1.29 is 23.6 Å². The molecule has 1 aliphatic rings. The molecule has 0 saturated carbocycles. The number of ether oxygens (including phenoxy) is 2. The lowest BCUT2D eigenvalue weighted by molar-refractivity contribution is -0.143. The average Bonchev–Trinajstić information content (AvgIpc) is 2.85. The van der Waals surface area contributed by atoms with Crippen LogP contribution in [0, 0.1) is 0 Å². The Morgan fingerprint density at radius 1 is 1.36 bits per heavy atom. The van der Waals surface area contributed by atoms with Gasteiger partial charge in [0.05, 0.1) is 7.11 Å². The van der Waals surface area contributed by atoms with Crippen molar-refractivity contribution >= 4 is 12.1 Å². The van der Waals surface area contributed by atoms with E-state index in [0.717, 1.165) is 25.7 Å². The maximum atomic E-state index is 11.9. The molecular formula is C19H29N3O6. The number of allylic oxidation sites excluding steroid dienone is 1. The molecule has 0 radical (unpaired) electrons. The van der Waals surface area contributed by atoms with Crippen molar-refractivity contribution in [1.82, 2.24) is 15.0 Å². The van der Waals surface area contributed by atoms with Crippen LogP contribution in [0.1, 0.15) is 64.7 Å². The van der Waals surface area contributed by atoms with Crippen LogP contribution in [0.15, 0.2) is 21.5 Å². The van der Waals surface area contributed by atoms with E-state index in [1.54, 1.807) is 31.4 Å². The minimum absolute atomic E-state index is 0.0251. The molecule has 0 saturated heterocycles. The lowest BCUT2D eigenvalue weighted by atomic mass is 10.1. The number of hydrogen-bond acceptors (Lipinski definition) is 7. The Labute approximate surface area is 164 Å². The van der Waals surface area contributed by atoms with Gasteiger partial charge in [-0.3, -0.25) is 9.09 Å². The third-order valence-corrected chi connectivity index (χ3v) is 4.38. The number of alkyl carbamates (subject to hydrolysis) is 1. The third-order valence-electron chi connectivity index (χ3n) is 4.38. The summed E-state index contributed by atoms with van der Waals surface area (Å²) in [5.74, 6) is -0.309. The Hall–Kier alpha value is -2.58. The van der Waals surface area contributed by atoms with E-state index >= 15 is 0 Å². The van der Waals surface area contributed by atoms with Crippen LogP contribution in [0.25, 0.3) is 0 Å². The molecule has 9 heteroatoms. The van der Waals surface area contributed by atoms with Crippen molar-refractivity contribution in [3.05, 3.63) is 28.5 Å². The quantitative estimate of drug-likeness (QED) is 0.581. The van der Waals surface area contributed by atoms with E-state index in [2.05, 4.69) is 10.5 Å². The van der Waals surface area contributed by atoms with Gasteiger partial charge in [-0.05, 0) is 46.5 Å². The topological polar surface area (TPSA) is 113 Å². The second-order valence-electron chi connectivity index (χ2n) is 7.80. The van der Waals surface area contributed by atoms with E-state index in [1.807, 2.05) is 6.08 Å². The van der Waals surface area contributed by atoms with Gasteiger partial charge in [0.2, 0.25) is 0 Å². The summed E-state index contributed by atoms with van der Waals surface area (Å²) in [6.07, 6.45) is 7.43. The van der Waals surface area contributed by atoms with Crippen molar-refractivity contribution in [3.8, 4) is 0 Å². The van der Waals surface area contributed by atoms with E-state index in [-0.39, 0.29) is 12.5 Å². The summed E-state index contributed by atoms with van der Waals surface area (Å²) < 4.78 is 16.3. The number of rotatable bonds is 6. The number of aryl methyl sites for hydroxylation is 1. The molecule has 2 heterocycles. The van der Waals surface area contributed by atoms with Crippen LogP contribution in [0.3, 0.4) is 0 Å². The molecule has 9 nitrogen and oxygen atoms in total. The highest BCUT2D eigenvalue weighted by Gasteiger charge is 2.25. The van der Waals surface area contributed by atoms with Gasteiger partial charge in [-0.25, -0.2) is 14.4 Å². The Bertz CT molecular complexity index is 758. The van der Waals surface area contributed by atoms with Crippen LogP contribution < -0.4 is 11.1 Å². The second kappa shape index (κ2) is 9.57. The summed E-state index contributed by atoms with van der Waals surface area (Å²) in [6.45, 7) is 5.23. The first-order chi connectivity index (χ1) is 13.2. The minimum atomic E-state index is -0.848. The van der Waals surface area contributed by atoms with Gasteiger partial charge in [0.25, 0.3) is 0 Å². The maximum absolute atomic E-state index is 11.9. The van der Waals surface area contributed by atoms with Crippen molar-refractivity contribution in [2.24, 2.45) is 0 Å². The lowest BCUT2D eigenvalue weighted by Gasteiger charge is -2.22. The molecule has 0 bridgehead atoms. The Morgan fingerprint density at radius 3 is 2.79 bits per heavy atom. The molecule has 0 spiro atoms. The molecule has 1 aliphatic heterocycles. The van der Waals surface area contributed by atoms with Crippen molar-refractivity contribution in [1.29, 1.82) is 0 Å². The summed E-state index contributed by atoms with van der Waals surface area (Å²) in [6, 6.07) is -0.873. The SMILES string of the molecule is COC(=O)[C@H](CC=CCC1CCCCc2noc(=O)n21)NC(=O)OC(C)(C)C. The molecule has 1 N–H and O–H groups in total.